The third-order valence-corrected chi connectivity index (χ3v) is 3.47. The molecule has 0 spiro atoms. The third kappa shape index (κ3) is 4.85. The van der Waals surface area contributed by atoms with Gasteiger partial charge in [-0.1, -0.05) is 0 Å². The van der Waals surface area contributed by atoms with E-state index in [4.69, 9.17) is 27.7 Å². The van der Waals surface area contributed by atoms with Crippen LogP contribution in [0.15, 0.2) is 18.3 Å². The molecular formula is C18H22ClF3N6O2. The zero-order valence-electron chi connectivity index (χ0n) is 30.4. The van der Waals surface area contributed by atoms with E-state index >= 15 is 0 Å². The van der Waals surface area contributed by atoms with E-state index in [1.165, 1.54) is 0 Å². The highest BCUT2D eigenvalue weighted by molar-refractivity contribution is 5.85. The summed E-state index contributed by atoms with van der Waals surface area (Å²) in [4.78, 5) is 10.1. The topological polar surface area (TPSA) is 89.6 Å². The first-order valence-corrected chi connectivity index (χ1v) is 7.58. The third-order valence-electron chi connectivity index (χ3n) is 3.47. The molecule has 0 aliphatic carbocycles. The molecule has 8 nitrogen and oxygen atoms in total. The lowest BCUT2D eigenvalue weighted by Gasteiger charge is -2.31. The van der Waals surface area contributed by atoms with E-state index in [2.05, 4.69) is 24.4 Å². The minimum absolute atomic E-state index is 0. The van der Waals surface area contributed by atoms with Crippen molar-refractivity contribution in [2.45, 2.75) is 6.18 Å². The van der Waals surface area contributed by atoms with Gasteiger partial charge in [0.15, 0.2) is 0 Å². The van der Waals surface area contributed by atoms with E-state index in [1.807, 2.05) is 0 Å². The van der Waals surface area contributed by atoms with E-state index in [-0.39, 0.29) is 17.3 Å². The first-order chi connectivity index (χ1) is 19.9. The molecule has 2 N–H and O–H groups in total. The van der Waals surface area contributed by atoms with Crippen LogP contribution < -0.4 is 15.5 Å². The van der Waals surface area contributed by atoms with E-state index in [1.54, 1.807) is 0 Å². The van der Waals surface area contributed by atoms with E-state index in [9.17, 15) is 13.2 Å². The van der Waals surface area contributed by atoms with Crippen LogP contribution in [-0.4, -0.2) is 67.2 Å². The Morgan fingerprint density at radius 3 is 2.17 bits per heavy atom. The number of nitrogens with zero attached hydrogens (tertiary/aromatic N) is 5. The van der Waals surface area contributed by atoms with Crippen LogP contribution >= 0.6 is 12.4 Å². The Balaban J connectivity index is 0.00000576. The fourth-order valence-electron chi connectivity index (χ4n) is 2.28. The summed E-state index contributed by atoms with van der Waals surface area (Å²) < 4.78 is 181. The minimum atomic E-state index is -5.23. The fraction of sp³-hybridized carbons (Fsp3) is 0.500. The highest BCUT2D eigenvalue weighted by Gasteiger charge is 2.35. The van der Waals surface area contributed by atoms with Gasteiger partial charge in [0.1, 0.15) is 11.6 Å². The quantitative estimate of drug-likeness (QED) is 0.742. The van der Waals surface area contributed by atoms with Crippen molar-refractivity contribution in [2.24, 2.45) is 0 Å². The average Bonchev–Trinajstić information content (AvgIpc) is 2.79. The first kappa shape index (κ1) is 9.41. The van der Waals surface area contributed by atoms with Gasteiger partial charge >= 0.3 is 6.18 Å². The van der Waals surface area contributed by atoms with Gasteiger partial charge in [0, 0.05) is 43.8 Å². The molecule has 30 heavy (non-hydrogen) atoms. The fourth-order valence-corrected chi connectivity index (χ4v) is 2.28. The largest absolute Gasteiger partial charge is 0.417 e. The number of pyridine rings is 1. The number of rotatable bonds is 3. The lowest BCUT2D eigenvalue weighted by atomic mass is 10.1. The van der Waals surface area contributed by atoms with Crippen LogP contribution in [0, 0.1) is 0 Å². The summed E-state index contributed by atoms with van der Waals surface area (Å²) in [6, 6.07) is 0.722. The Bertz CT molecular complexity index is 1400. The number of ether oxygens (including phenoxy) is 2. The Kier molecular flexibility index (Phi) is 2.88. The molecular weight excluding hydrogens is 425 g/mol. The summed E-state index contributed by atoms with van der Waals surface area (Å²) in [5.74, 6) is -3.51. The standard InChI is InChI=1S/C18H21F3N6O2.ClH/c19-18(20,21)13-9-15(22)23-11-12(13)14-10-16(26-1-5-28-6-2-26)25-17(24-14)27-3-7-29-8-4-27;/h9-11H,1-8H2,(H2,22,23);1H/i1D2,2D2,3D2,4D2,5D2,6D2,7D2,8D2;. The van der Waals surface area contributed by atoms with Crippen molar-refractivity contribution >= 4 is 30.0 Å². The molecule has 4 rings (SSSR count). The molecule has 0 amide bonds. The number of alkyl halides is 3. The van der Waals surface area contributed by atoms with Crippen LogP contribution in [0.1, 0.15) is 27.5 Å². The molecule has 2 aliphatic heterocycles. The van der Waals surface area contributed by atoms with Crippen LogP contribution in [-0.2, 0) is 15.7 Å². The van der Waals surface area contributed by atoms with E-state index in [0.717, 1.165) is 0 Å². The van der Waals surface area contributed by atoms with Crippen molar-refractivity contribution in [3.8, 4) is 11.3 Å². The molecule has 0 radical (unpaired) electrons. The Labute approximate surface area is 200 Å². The van der Waals surface area contributed by atoms with Gasteiger partial charge in [-0.05, 0) is 6.07 Å². The highest BCUT2D eigenvalue weighted by Crippen LogP contribution is 2.38. The summed E-state index contributed by atoms with van der Waals surface area (Å²) in [5, 5.41) is 0. The number of aromatic nitrogens is 3. The van der Waals surface area contributed by atoms with Gasteiger partial charge in [-0.25, -0.2) is 9.97 Å². The van der Waals surface area contributed by atoms with Crippen molar-refractivity contribution in [2.75, 3.05) is 67.8 Å². The van der Waals surface area contributed by atoms with E-state index in [0.29, 0.717) is 18.3 Å². The number of nitrogens with two attached hydrogens (primary N) is 1. The van der Waals surface area contributed by atoms with Gasteiger partial charge in [0.25, 0.3) is 0 Å². The monoisotopic (exact) mass is 462 g/mol. The Morgan fingerprint density at radius 2 is 1.57 bits per heavy atom. The summed E-state index contributed by atoms with van der Waals surface area (Å²) in [7, 11) is 0. The molecule has 12 heteroatoms. The zero-order chi connectivity index (χ0) is 34.8. The molecule has 164 valence electrons. The average molecular weight is 463 g/mol. The summed E-state index contributed by atoms with van der Waals surface area (Å²) in [6.07, 6.45) is -4.75. The second-order valence-corrected chi connectivity index (χ2v) is 5.29. The highest BCUT2D eigenvalue weighted by atomic mass is 35.5. The maximum absolute atomic E-state index is 14.1. The van der Waals surface area contributed by atoms with E-state index < -0.39 is 97.7 Å². The maximum atomic E-state index is 14.1. The summed E-state index contributed by atoms with van der Waals surface area (Å²) in [6.45, 7) is -30.1. The molecule has 0 saturated carbocycles. The van der Waals surface area contributed by atoms with Gasteiger partial charge in [-0.2, -0.15) is 18.2 Å². The number of hydrogen-bond donors (Lipinski definition) is 1. The molecule has 0 atom stereocenters. The molecule has 0 aromatic carbocycles. The lowest BCUT2D eigenvalue weighted by molar-refractivity contribution is -0.137. The van der Waals surface area contributed by atoms with Gasteiger partial charge in [-0.3, -0.25) is 0 Å². The molecule has 2 aliphatic rings. The maximum Gasteiger partial charge on any atom is 0.417 e. The van der Waals surface area contributed by atoms with Crippen LogP contribution in [0.5, 0.6) is 0 Å². The van der Waals surface area contributed by atoms with Crippen LogP contribution in [0.2, 0.25) is 0 Å². The first-order valence-electron chi connectivity index (χ1n) is 15.6. The van der Waals surface area contributed by atoms with Gasteiger partial charge < -0.3 is 25.0 Å². The number of morpholine rings is 2. The van der Waals surface area contributed by atoms with Crippen LogP contribution in [0.4, 0.5) is 30.8 Å². The van der Waals surface area contributed by atoms with Gasteiger partial charge in [-0.15, -0.1) is 12.4 Å². The Hall–Kier alpha value is -2.37. The zero-order valence-corrected chi connectivity index (χ0v) is 15.2. The Morgan fingerprint density at radius 1 is 0.967 bits per heavy atom. The molecule has 2 aromatic rings. The second-order valence-electron chi connectivity index (χ2n) is 5.29. The molecule has 4 heterocycles. The van der Waals surface area contributed by atoms with Crippen LogP contribution in [0.25, 0.3) is 11.3 Å². The van der Waals surface area contributed by atoms with Crippen molar-refractivity contribution in [1.82, 2.24) is 15.0 Å². The smallest absolute Gasteiger partial charge is 0.384 e. The molecule has 0 unspecified atom stereocenters. The number of hydrogen-bond acceptors (Lipinski definition) is 8. The predicted molar refractivity (Wildman–Crippen MR) is 108 cm³/mol. The van der Waals surface area contributed by atoms with Gasteiger partial charge in [0.2, 0.25) is 5.95 Å². The number of halogens is 4. The van der Waals surface area contributed by atoms with Crippen molar-refractivity contribution in [3.63, 3.8) is 0 Å². The number of anilines is 3. The predicted octanol–water partition coefficient (Wildman–Crippen LogP) is 2.23. The molecule has 2 fully saturated rings. The number of nitrogen functional groups attached to an aromatic ring is 1. The normalized spacial score (nSPS) is 38.9. The minimum Gasteiger partial charge on any atom is -0.384 e. The summed E-state index contributed by atoms with van der Waals surface area (Å²) >= 11 is 0. The van der Waals surface area contributed by atoms with Gasteiger partial charge in [0.05, 0.1) is 59.4 Å². The van der Waals surface area contributed by atoms with Crippen molar-refractivity contribution in [3.05, 3.63) is 23.9 Å². The van der Waals surface area contributed by atoms with Crippen LogP contribution in [0.3, 0.4) is 0 Å². The lowest BCUT2D eigenvalue weighted by Crippen LogP contribution is -2.39. The molecule has 2 aromatic heterocycles. The SMILES string of the molecule is Cl.[2H]C1([2H])OC([2H])([2H])C([2H])([2H])N(c2cc(-c3cnc(N)cc3C(F)(F)F)nc(N3C([2H])([2H])C([2H])([2H])OC([2H])([2H])C3([2H])[2H])n2)C1([2H])[2H]. The second kappa shape index (κ2) is 9.19. The molecule has 0 bridgehead atoms. The van der Waals surface area contributed by atoms with Crippen molar-refractivity contribution in [1.29, 1.82) is 0 Å². The summed E-state index contributed by atoms with van der Waals surface area (Å²) in [5.41, 5.74) is 1.72. The molecule has 2 saturated heterocycles. The van der Waals surface area contributed by atoms with Crippen molar-refractivity contribution < 1.29 is 44.6 Å².